The maximum Gasteiger partial charge on any atom is 0.261 e. The van der Waals surface area contributed by atoms with Crippen LogP contribution in [0.5, 0.6) is 0 Å². The highest BCUT2D eigenvalue weighted by atomic mass is 27.2. The summed E-state index contributed by atoms with van der Waals surface area (Å²) < 4.78 is 0. The van der Waals surface area contributed by atoms with E-state index in [0.29, 0.717) is 0 Å². The molecule has 0 bridgehead atoms. The largest absolute Gasteiger partial charge is 0.261 e. The second-order valence-corrected chi connectivity index (χ2v) is 15.0. The van der Waals surface area contributed by atoms with Crippen molar-refractivity contribution in [3.8, 4) is 0 Å². The van der Waals surface area contributed by atoms with Crippen LogP contribution in [-0.4, -0.2) is 14.1 Å². The van der Waals surface area contributed by atoms with Gasteiger partial charge in [-0.1, -0.05) is 98.3 Å². The van der Waals surface area contributed by atoms with Crippen LogP contribution in [0.3, 0.4) is 0 Å². The zero-order valence-corrected chi connectivity index (χ0v) is 24.2. The van der Waals surface area contributed by atoms with Gasteiger partial charge in [0.05, 0.1) is 0 Å². The van der Waals surface area contributed by atoms with Crippen LogP contribution in [0, 0.1) is 17.8 Å². The molecule has 0 radical (unpaired) electrons. The van der Waals surface area contributed by atoms with E-state index in [1.54, 1.807) is 15.8 Å². The van der Waals surface area contributed by atoms with Crippen molar-refractivity contribution in [2.45, 2.75) is 143 Å². The molecule has 0 aliphatic rings. The van der Waals surface area contributed by atoms with Gasteiger partial charge in [0, 0.05) is 0 Å². The lowest BCUT2D eigenvalue weighted by Crippen LogP contribution is -2.16. The summed E-state index contributed by atoms with van der Waals surface area (Å²) in [4.78, 5) is 0. The Morgan fingerprint density at radius 2 is 0.750 bits per heavy atom. The van der Waals surface area contributed by atoms with Gasteiger partial charge in [0.1, 0.15) is 0 Å². The average Bonchev–Trinajstić information content (AvgIpc) is 2.66. The van der Waals surface area contributed by atoms with Crippen LogP contribution in [0.1, 0.15) is 128 Å². The molecule has 0 aromatic heterocycles. The van der Waals surface area contributed by atoms with E-state index in [1.807, 2.05) is 0 Å². The zero-order chi connectivity index (χ0) is 23.6. The molecule has 0 nitrogen and oxygen atoms in total. The van der Waals surface area contributed by atoms with Gasteiger partial charge in [-0.2, -0.15) is 0 Å². The maximum absolute atomic E-state index is 2.49. The Morgan fingerprint density at radius 3 is 0.969 bits per heavy atom. The van der Waals surface area contributed by atoms with Gasteiger partial charge in [-0.3, -0.25) is 0 Å². The smallest absolute Gasteiger partial charge is 0.0936 e. The van der Waals surface area contributed by atoms with E-state index in [1.165, 1.54) is 74.5 Å². The summed E-state index contributed by atoms with van der Waals surface area (Å²) in [6.07, 6.45) is 19.7. The molecule has 0 saturated carbocycles. The molecule has 188 valence electrons. The Hall–Kier alpha value is -0.248. The summed E-state index contributed by atoms with van der Waals surface area (Å²) in [5, 5.41) is 4.74. The summed E-state index contributed by atoms with van der Waals surface area (Å²) in [6.45, 7) is 20.8. The highest BCUT2D eigenvalue weighted by Crippen LogP contribution is 2.25. The van der Waals surface area contributed by atoms with Gasteiger partial charge in [0.25, 0.3) is 14.1 Å². The van der Waals surface area contributed by atoms with Gasteiger partial charge in [-0.15, -0.1) is 0 Å². The van der Waals surface area contributed by atoms with Crippen LogP contribution >= 0.6 is 0 Å². The van der Waals surface area contributed by atoms with Crippen molar-refractivity contribution in [2.75, 3.05) is 0 Å². The lowest BCUT2D eigenvalue weighted by Gasteiger charge is -2.19. The molecule has 0 N–H and O–H groups in total. The molecule has 0 heterocycles. The van der Waals surface area contributed by atoms with Crippen molar-refractivity contribution in [3.63, 3.8) is 0 Å². The minimum absolute atomic E-state index is 0. The first kappa shape index (κ1) is 33.9. The molecule has 0 aromatic rings. The molecule has 0 aromatic carbocycles. The molecular formula is C31H61Al. The number of rotatable bonds is 18. The number of allylic oxidation sites excluding steroid dienone is 6. The van der Waals surface area contributed by atoms with E-state index >= 15 is 0 Å². The Kier molecular flexibility index (Phi) is 22.6. The molecule has 1 heteroatoms. The van der Waals surface area contributed by atoms with Crippen molar-refractivity contribution in [3.05, 3.63) is 34.9 Å². The van der Waals surface area contributed by atoms with Crippen molar-refractivity contribution in [1.29, 1.82) is 0 Å². The minimum Gasteiger partial charge on any atom is -0.0936 e. The third-order valence-corrected chi connectivity index (χ3v) is 10.3. The van der Waals surface area contributed by atoms with Gasteiger partial charge in [-0.05, 0) is 97.8 Å². The van der Waals surface area contributed by atoms with Gasteiger partial charge < -0.3 is 0 Å². The predicted molar refractivity (Wildman–Crippen MR) is 154 cm³/mol. The quantitative estimate of drug-likeness (QED) is 0.141. The summed E-state index contributed by atoms with van der Waals surface area (Å²) in [6, 6.07) is 0. The normalized spacial score (nSPS) is 13.4. The van der Waals surface area contributed by atoms with Crippen LogP contribution in [-0.2, 0) is 0 Å². The standard InChI is InChI=1S/3C10H19.CH4.Al/c3*1-5-10(4)8-6-7-9(2)3;;/h3*7,10H,1,5-6,8H2,2-4H3;1H4;. The monoisotopic (exact) mass is 460 g/mol. The molecule has 0 aliphatic heterocycles. The van der Waals surface area contributed by atoms with Crippen molar-refractivity contribution in [2.24, 2.45) is 17.8 Å². The van der Waals surface area contributed by atoms with E-state index in [0.717, 1.165) is 17.8 Å². The molecule has 0 amide bonds. The fraction of sp³-hybridized carbons (Fsp3) is 0.806. The third kappa shape index (κ3) is 22.9. The van der Waals surface area contributed by atoms with Crippen LogP contribution in [0.25, 0.3) is 0 Å². The summed E-state index contributed by atoms with van der Waals surface area (Å²) >= 11 is -0.609. The fourth-order valence-electron chi connectivity index (χ4n) is 4.40. The summed E-state index contributed by atoms with van der Waals surface area (Å²) in [5.41, 5.74) is 4.43. The minimum atomic E-state index is -0.609. The molecular weight excluding hydrogens is 399 g/mol. The van der Waals surface area contributed by atoms with Crippen LogP contribution < -0.4 is 0 Å². The second-order valence-electron chi connectivity index (χ2n) is 11.5. The molecule has 0 spiro atoms. The molecule has 3 atom stereocenters. The second kappa shape index (κ2) is 21.3. The van der Waals surface area contributed by atoms with E-state index in [9.17, 15) is 0 Å². The van der Waals surface area contributed by atoms with Crippen molar-refractivity contribution >= 4 is 14.1 Å². The van der Waals surface area contributed by atoms with Gasteiger partial charge in [0.15, 0.2) is 0 Å². The van der Waals surface area contributed by atoms with Crippen LogP contribution in [0.2, 0.25) is 15.8 Å². The van der Waals surface area contributed by atoms with Gasteiger partial charge in [-0.25, -0.2) is 0 Å². The molecule has 0 fully saturated rings. The highest BCUT2D eigenvalue weighted by molar-refractivity contribution is 6.58. The SMILES string of the molecule is C.CC(C)=CCCC(C)C[CH2][Al]([CH2]CC(C)CCC=C(C)C)[CH2]CC(C)CCC=C(C)C. The van der Waals surface area contributed by atoms with Crippen LogP contribution in [0.4, 0.5) is 0 Å². The van der Waals surface area contributed by atoms with Gasteiger partial charge >= 0.3 is 0 Å². The van der Waals surface area contributed by atoms with E-state index in [2.05, 4.69) is 80.5 Å². The highest BCUT2D eigenvalue weighted by Gasteiger charge is 2.20. The average molecular weight is 461 g/mol. The molecule has 0 aliphatic carbocycles. The number of hydrogen-bond donors (Lipinski definition) is 0. The first-order valence-electron chi connectivity index (χ1n) is 13.5. The fourth-order valence-corrected chi connectivity index (χ4v) is 8.38. The van der Waals surface area contributed by atoms with Crippen LogP contribution in [0.15, 0.2) is 34.9 Å². The lowest BCUT2D eigenvalue weighted by molar-refractivity contribution is 0.499. The Labute approximate surface area is 209 Å². The summed E-state index contributed by atoms with van der Waals surface area (Å²) in [5.74, 6) is 2.70. The predicted octanol–water partition coefficient (Wildman–Crippen LogP) is 11.4. The molecule has 3 unspecified atom stereocenters. The van der Waals surface area contributed by atoms with Crippen molar-refractivity contribution < 1.29 is 0 Å². The maximum atomic E-state index is 2.49. The molecule has 32 heavy (non-hydrogen) atoms. The molecule has 0 saturated heterocycles. The topological polar surface area (TPSA) is 0 Å². The summed E-state index contributed by atoms with van der Waals surface area (Å²) in [7, 11) is 0. The van der Waals surface area contributed by atoms with Crippen molar-refractivity contribution in [1.82, 2.24) is 0 Å². The third-order valence-electron chi connectivity index (χ3n) is 6.84. The van der Waals surface area contributed by atoms with E-state index < -0.39 is 14.1 Å². The Morgan fingerprint density at radius 1 is 0.500 bits per heavy atom. The zero-order valence-electron chi connectivity index (χ0n) is 23.0. The Bertz CT molecular complexity index is 436. The number of hydrogen-bond acceptors (Lipinski definition) is 0. The lowest BCUT2D eigenvalue weighted by atomic mass is 10.0. The first-order chi connectivity index (χ1) is 14.6. The Balaban J connectivity index is 0. The molecule has 0 rings (SSSR count). The van der Waals surface area contributed by atoms with E-state index in [-0.39, 0.29) is 7.43 Å². The van der Waals surface area contributed by atoms with Gasteiger partial charge in [0.2, 0.25) is 0 Å². The first-order valence-corrected chi connectivity index (χ1v) is 15.9. The van der Waals surface area contributed by atoms with E-state index in [4.69, 9.17) is 0 Å².